The molecule has 0 aliphatic heterocycles. The molecule has 0 radical (unpaired) electrons. The lowest BCUT2D eigenvalue weighted by Crippen LogP contribution is -2.30. The number of aromatic nitrogens is 2. The van der Waals surface area contributed by atoms with Gasteiger partial charge >= 0.3 is 0 Å². The lowest BCUT2D eigenvalue weighted by atomic mass is 10.2. The number of nitrogens with zero attached hydrogens (tertiary/aromatic N) is 2. The van der Waals surface area contributed by atoms with Crippen LogP contribution in [0.1, 0.15) is 45.3 Å². The second kappa shape index (κ2) is 6.25. The van der Waals surface area contributed by atoms with Gasteiger partial charge in [0.05, 0.1) is 0 Å². The molecule has 0 saturated heterocycles. The first-order valence-electron chi connectivity index (χ1n) is 5.72. The predicted molar refractivity (Wildman–Crippen MR) is 59.9 cm³/mol. The molecule has 0 unspecified atom stereocenters. The second-order valence-corrected chi connectivity index (χ2v) is 4.08. The van der Waals surface area contributed by atoms with Crippen LogP contribution in [0.5, 0.6) is 0 Å². The average molecular weight is 225 g/mol. The number of nitrogens with one attached hydrogen (secondary N) is 1. The van der Waals surface area contributed by atoms with Crippen molar-refractivity contribution in [3.8, 4) is 0 Å². The van der Waals surface area contributed by atoms with Crippen LogP contribution in [0.4, 0.5) is 0 Å². The van der Waals surface area contributed by atoms with E-state index in [1.54, 1.807) is 0 Å². The van der Waals surface area contributed by atoms with E-state index in [1.807, 2.05) is 13.8 Å². The molecule has 0 aliphatic rings. The molecule has 0 bridgehead atoms. The van der Waals surface area contributed by atoms with Gasteiger partial charge in [-0.2, -0.15) is 4.98 Å². The van der Waals surface area contributed by atoms with Gasteiger partial charge in [0.25, 0.3) is 0 Å². The third-order valence-electron chi connectivity index (χ3n) is 2.00. The minimum atomic E-state index is 0.0187. The van der Waals surface area contributed by atoms with E-state index in [0.717, 1.165) is 18.7 Å². The highest BCUT2D eigenvalue weighted by Gasteiger charge is 2.09. The van der Waals surface area contributed by atoms with Gasteiger partial charge < -0.3 is 9.84 Å². The van der Waals surface area contributed by atoms with Crippen molar-refractivity contribution in [1.29, 1.82) is 0 Å². The van der Waals surface area contributed by atoms with Gasteiger partial charge in [0, 0.05) is 25.3 Å². The Hall–Kier alpha value is -1.39. The van der Waals surface area contributed by atoms with Gasteiger partial charge in [-0.15, -0.1) is 0 Å². The Morgan fingerprint density at radius 2 is 2.19 bits per heavy atom. The van der Waals surface area contributed by atoms with E-state index in [9.17, 15) is 4.79 Å². The molecule has 90 valence electrons. The van der Waals surface area contributed by atoms with Gasteiger partial charge in [0.1, 0.15) is 0 Å². The van der Waals surface area contributed by atoms with Gasteiger partial charge in [-0.05, 0) is 20.3 Å². The van der Waals surface area contributed by atoms with Crippen molar-refractivity contribution in [2.24, 2.45) is 0 Å². The fourth-order valence-corrected chi connectivity index (χ4v) is 1.33. The number of carbonyl (C=O) groups is 1. The zero-order chi connectivity index (χ0) is 12.0. The molecule has 0 atom stereocenters. The normalized spacial score (nSPS) is 10.8. The Labute approximate surface area is 95.6 Å². The predicted octanol–water partition coefficient (Wildman–Crippen LogP) is 1.48. The molecule has 1 rings (SSSR count). The first kappa shape index (κ1) is 12.7. The maximum atomic E-state index is 11.4. The second-order valence-electron chi connectivity index (χ2n) is 4.08. The van der Waals surface area contributed by atoms with E-state index in [1.165, 1.54) is 0 Å². The van der Waals surface area contributed by atoms with E-state index in [0.29, 0.717) is 18.7 Å². The van der Waals surface area contributed by atoms with E-state index in [4.69, 9.17) is 4.52 Å². The zero-order valence-electron chi connectivity index (χ0n) is 10.1. The Balaban J connectivity index is 2.33. The van der Waals surface area contributed by atoms with Crippen LogP contribution in [0, 0.1) is 0 Å². The molecule has 5 heteroatoms. The van der Waals surface area contributed by atoms with Crippen LogP contribution in [-0.4, -0.2) is 22.1 Å². The highest BCUT2D eigenvalue weighted by Crippen LogP contribution is 2.03. The van der Waals surface area contributed by atoms with Gasteiger partial charge in [-0.3, -0.25) is 4.79 Å². The molecule has 1 N–H and O–H groups in total. The molecule has 1 amide bonds. The fraction of sp³-hybridized carbons (Fsp3) is 0.727. The van der Waals surface area contributed by atoms with Gasteiger partial charge in [0.2, 0.25) is 11.8 Å². The highest BCUT2D eigenvalue weighted by atomic mass is 16.5. The number of hydrogen-bond donors (Lipinski definition) is 1. The van der Waals surface area contributed by atoms with Crippen molar-refractivity contribution >= 4 is 5.91 Å². The number of rotatable bonds is 6. The standard InChI is InChI=1S/C11H19N3O2/c1-4-5-9-13-11(16-14-9)7-6-10(15)12-8(2)3/h8H,4-7H2,1-3H3,(H,12,15). The Kier molecular flexibility index (Phi) is 4.95. The fourth-order valence-electron chi connectivity index (χ4n) is 1.33. The van der Waals surface area contributed by atoms with Crippen LogP contribution in [0.15, 0.2) is 4.52 Å². The minimum absolute atomic E-state index is 0.0187. The molecule has 0 aromatic carbocycles. The van der Waals surface area contributed by atoms with Crippen LogP contribution in [-0.2, 0) is 17.6 Å². The van der Waals surface area contributed by atoms with E-state index < -0.39 is 0 Å². The summed E-state index contributed by atoms with van der Waals surface area (Å²) in [7, 11) is 0. The molecule has 16 heavy (non-hydrogen) atoms. The molecule has 0 spiro atoms. The molecular weight excluding hydrogens is 206 g/mol. The zero-order valence-corrected chi connectivity index (χ0v) is 10.1. The summed E-state index contributed by atoms with van der Waals surface area (Å²) in [5, 5.41) is 6.64. The first-order valence-corrected chi connectivity index (χ1v) is 5.72. The third-order valence-corrected chi connectivity index (χ3v) is 2.00. The van der Waals surface area contributed by atoms with E-state index in [2.05, 4.69) is 22.4 Å². The molecule has 1 heterocycles. The number of carbonyl (C=O) groups excluding carboxylic acids is 1. The smallest absolute Gasteiger partial charge is 0.227 e. The lowest BCUT2D eigenvalue weighted by Gasteiger charge is -2.06. The average Bonchev–Trinajstić information content (AvgIpc) is 2.62. The van der Waals surface area contributed by atoms with Crippen molar-refractivity contribution in [3.05, 3.63) is 11.7 Å². The van der Waals surface area contributed by atoms with E-state index in [-0.39, 0.29) is 11.9 Å². The first-order chi connectivity index (χ1) is 7.61. The highest BCUT2D eigenvalue weighted by molar-refractivity contribution is 5.76. The quantitative estimate of drug-likeness (QED) is 0.796. The van der Waals surface area contributed by atoms with Crippen LogP contribution in [0.2, 0.25) is 0 Å². The van der Waals surface area contributed by atoms with Crippen LogP contribution < -0.4 is 5.32 Å². The van der Waals surface area contributed by atoms with Crippen LogP contribution in [0.3, 0.4) is 0 Å². The Morgan fingerprint density at radius 1 is 1.44 bits per heavy atom. The summed E-state index contributed by atoms with van der Waals surface area (Å²) in [5.41, 5.74) is 0. The minimum Gasteiger partial charge on any atom is -0.354 e. The largest absolute Gasteiger partial charge is 0.354 e. The molecule has 0 fully saturated rings. The summed E-state index contributed by atoms with van der Waals surface area (Å²) in [6.45, 7) is 5.93. The Bertz CT molecular complexity index is 334. The van der Waals surface area contributed by atoms with Crippen molar-refractivity contribution in [1.82, 2.24) is 15.5 Å². The van der Waals surface area contributed by atoms with Crippen LogP contribution >= 0.6 is 0 Å². The number of amides is 1. The molecule has 0 saturated carbocycles. The van der Waals surface area contributed by atoms with Gasteiger partial charge in [-0.1, -0.05) is 12.1 Å². The number of hydrogen-bond acceptors (Lipinski definition) is 4. The summed E-state index contributed by atoms with van der Waals surface area (Å²) < 4.78 is 5.03. The SMILES string of the molecule is CCCc1noc(CCC(=O)NC(C)C)n1. The van der Waals surface area contributed by atoms with Gasteiger partial charge in [0.15, 0.2) is 5.82 Å². The molecule has 5 nitrogen and oxygen atoms in total. The molecule has 0 aliphatic carbocycles. The summed E-state index contributed by atoms with van der Waals surface area (Å²) in [5.74, 6) is 1.29. The Morgan fingerprint density at radius 3 is 2.81 bits per heavy atom. The maximum Gasteiger partial charge on any atom is 0.227 e. The van der Waals surface area contributed by atoms with E-state index >= 15 is 0 Å². The maximum absolute atomic E-state index is 11.4. The lowest BCUT2D eigenvalue weighted by molar-refractivity contribution is -0.121. The van der Waals surface area contributed by atoms with Gasteiger partial charge in [-0.25, -0.2) is 0 Å². The molecular formula is C11H19N3O2. The summed E-state index contributed by atoms with van der Waals surface area (Å²) in [6.07, 6.45) is 2.72. The topological polar surface area (TPSA) is 68.0 Å². The summed E-state index contributed by atoms with van der Waals surface area (Å²) in [6, 6.07) is 0.172. The van der Waals surface area contributed by atoms with Crippen molar-refractivity contribution in [2.45, 2.75) is 52.5 Å². The third kappa shape index (κ3) is 4.42. The van der Waals surface area contributed by atoms with Crippen molar-refractivity contribution in [3.63, 3.8) is 0 Å². The monoisotopic (exact) mass is 225 g/mol. The van der Waals surface area contributed by atoms with Crippen molar-refractivity contribution in [2.75, 3.05) is 0 Å². The molecule has 1 aromatic heterocycles. The molecule has 1 aromatic rings. The number of aryl methyl sites for hydroxylation is 2. The van der Waals surface area contributed by atoms with Crippen molar-refractivity contribution < 1.29 is 9.32 Å². The summed E-state index contributed by atoms with van der Waals surface area (Å²) >= 11 is 0. The van der Waals surface area contributed by atoms with Crippen LogP contribution in [0.25, 0.3) is 0 Å². The summed E-state index contributed by atoms with van der Waals surface area (Å²) in [4.78, 5) is 15.6.